The summed E-state index contributed by atoms with van der Waals surface area (Å²) in [6.07, 6.45) is -0.482. The van der Waals surface area contributed by atoms with Gasteiger partial charge in [0.1, 0.15) is 29.9 Å². The molecular formula is C22H17FIO3P. The van der Waals surface area contributed by atoms with Crippen molar-refractivity contribution >= 4 is 34.3 Å². The lowest BCUT2D eigenvalue weighted by Gasteiger charge is -2.33. The van der Waals surface area contributed by atoms with E-state index in [1.54, 1.807) is 24.3 Å². The summed E-state index contributed by atoms with van der Waals surface area (Å²) in [4.78, 5) is 13.5. The minimum absolute atomic E-state index is 0.0549. The highest BCUT2D eigenvalue weighted by Gasteiger charge is 2.39. The summed E-state index contributed by atoms with van der Waals surface area (Å²) in [5.74, 6) is 0.223. The molecule has 142 valence electrons. The number of fused-ring (bicyclic) bond motifs is 1. The van der Waals surface area contributed by atoms with Crippen molar-refractivity contribution in [3.63, 3.8) is 0 Å². The van der Waals surface area contributed by atoms with E-state index in [-0.39, 0.29) is 18.1 Å². The normalized spacial score (nSPS) is 18.8. The van der Waals surface area contributed by atoms with Crippen molar-refractivity contribution < 1.29 is 18.4 Å². The third-order valence-corrected chi connectivity index (χ3v) is 5.82. The molecule has 0 aromatic heterocycles. The van der Waals surface area contributed by atoms with Crippen molar-refractivity contribution in [3.05, 3.63) is 94.8 Å². The molecule has 1 aliphatic heterocycles. The standard InChI is InChI=1S/C22H17FIO3P/c1-13-2-4-15(5-3-13)22-20(14-6-8-16(23)9-7-14)21(25)18-12-17(27-28-24)10-11-19(18)26-22/h2-12,20,22,28H,1H3. The Labute approximate surface area is 177 Å². The van der Waals surface area contributed by atoms with Gasteiger partial charge in [-0.25, -0.2) is 4.39 Å². The molecule has 1 heterocycles. The number of benzene rings is 3. The number of carbonyl (C=O) groups excluding carboxylic acids is 1. The third kappa shape index (κ3) is 3.78. The van der Waals surface area contributed by atoms with Gasteiger partial charge in [0, 0.05) is 0 Å². The maximum Gasteiger partial charge on any atom is 0.178 e. The Hall–Kier alpha value is -1.98. The summed E-state index contributed by atoms with van der Waals surface area (Å²) >= 11 is 2.14. The van der Waals surface area contributed by atoms with E-state index in [2.05, 4.69) is 22.0 Å². The predicted molar refractivity (Wildman–Crippen MR) is 117 cm³/mol. The van der Waals surface area contributed by atoms with E-state index >= 15 is 0 Å². The Morgan fingerprint density at radius 3 is 2.36 bits per heavy atom. The molecule has 0 N–H and O–H groups in total. The van der Waals surface area contributed by atoms with Gasteiger partial charge in [-0.05, 0) is 70.4 Å². The molecule has 1 aliphatic rings. The van der Waals surface area contributed by atoms with Gasteiger partial charge >= 0.3 is 0 Å². The summed E-state index contributed by atoms with van der Waals surface area (Å²) in [5.41, 5.74) is 3.26. The Balaban J connectivity index is 1.82. The molecule has 0 fully saturated rings. The van der Waals surface area contributed by atoms with E-state index in [1.165, 1.54) is 12.1 Å². The smallest absolute Gasteiger partial charge is 0.178 e. The Bertz CT molecular complexity index is 1010. The first-order chi connectivity index (χ1) is 13.6. The minimum atomic E-state index is -0.562. The fourth-order valence-electron chi connectivity index (χ4n) is 3.44. The van der Waals surface area contributed by atoms with Crippen LogP contribution in [0.4, 0.5) is 4.39 Å². The first-order valence-corrected chi connectivity index (χ1v) is 12.8. The second-order valence-electron chi connectivity index (χ2n) is 6.68. The highest BCUT2D eigenvalue weighted by molar-refractivity contribution is 14.2. The molecule has 3 atom stereocenters. The van der Waals surface area contributed by atoms with E-state index in [1.807, 2.05) is 37.3 Å². The first kappa shape index (κ1) is 19.3. The molecule has 6 heteroatoms. The minimum Gasteiger partial charge on any atom is -0.484 e. The van der Waals surface area contributed by atoms with Crippen LogP contribution in [0, 0.1) is 12.7 Å². The third-order valence-electron chi connectivity index (χ3n) is 4.85. The van der Waals surface area contributed by atoms with Gasteiger partial charge in [-0.1, -0.05) is 42.0 Å². The lowest BCUT2D eigenvalue weighted by Crippen LogP contribution is -2.30. The zero-order valence-corrected chi connectivity index (χ0v) is 18.1. The molecule has 0 spiro atoms. The molecule has 0 saturated heterocycles. The average Bonchev–Trinajstić information content (AvgIpc) is 2.70. The van der Waals surface area contributed by atoms with Crippen molar-refractivity contribution in [2.24, 2.45) is 0 Å². The lowest BCUT2D eigenvalue weighted by molar-refractivity contribution is 0.0781. The zero-order valence-electron chi connectivity index (χ0n) is 15.0. The number of halogens is 2. The van der Waals surface area contributed by atoms with Crippen molar-refractivity contribution in [2.45, 2.75) is 18.9 Å². The van der Waals surface area contributed by atoms with Crippen molar-refractivity contribution in [3.8, 4) is 11.5 Å². The molecule has 4 rings (SSSR count). The summed E-state index contributed by atoms with van der Waals surface area (Å²) in [7, 11) is 0. The predicted octanol–water partition coefficient (Wildman–Crippen LogP) is 6.56. The Morgan fingerprint density at radius 1 is 1.00 bits per heavy atom. The molecule has 3 unspecified atom stereocenters. The maximum absolute atomic E-state index is 13.5. The number of rotatable bonds is 4. The van der Waals surface area contributed by atoms with Crippen molar-refractivity contribution in [1.82, 2.24) is 0 Å². The number of ketones is 1. The quantitative estimate of drug-likeness (QED) is 0.297. The van der Waals surface area contributed by atoms with E-state index in [0.29, 0.717) is 17.1 Å². The van der Waals surface area contributed by atoms with E-state index in [9.17, 15) is 9.18 Å². The van der Waals surface area contributed by atoms with Crippen LogP contribution in [0.1, 0.15) is 39.1 Å². The number of carbonyl (C=O) groups is 1. The maximum atomic E-state index is 13.5. The van der Waals surface area contributed by atoms with Crippen LogP contribution in [0.3, 0.4) is 0 Å². The number of ether oxygens (including phenoxy) is 1. The molecule has 3 aromatic carbocycles. The molecule has 3 aromatic rings. The zero-order chi connectivity index (χ0) is 19.7. The molecule has 3 nitrogen and oxygen atoms in total. The topological polar surface area (TPSA) is 35.5 Å². The van der Waals surface area contributed by atoms with E-state index < -0.39 is 12.0 Å². The van der Waals surface area contributed by atoms with Crippen LogP contribution in [0.5, 0.6) is 11.5 Å². The number of hydrogen-bond acceptors (Lipinski definition) is 3. The summed E-state index contributed by atoms with van der Waals surface area (Å²) in [5, 5.41) is 0. The monoisotopic (exact) mass is 506 g/mol. The fourth-order valence-corrected chi connectivity index (χ4v) is 4.41. The second kappa shape index (κ2) is 8.18. The molecule has 0 saturated carbocycles. The van der Waals surface area contributed by atoms with Gasteiger partial charge in [0.2, 0.25) is 0 Å². The number of hydrogen-bond donors (Lipinski definition) is 0. The molecule has 28 heavy (non-hydrogen) atoms. The summed E-state index contributed by atoms with van der Waals surface area (Å²) < 4.78 is 25.3. The van der Waals surface area contributed by atoms with Crippen molar-refractivity contribution in [1.29, 1.82) is 0 Å². The van der Waals surface area contributed by atoms with Crippen LogP contribution >= 0.6 is 28.5 Å². The molecular weight excluding hydrogens is 489 g/mol. The Kier molecular flexibility index (Phi) is 5.65. The lowest BCUT2D eigenvalue weighted by atomic mass is 9.81. The average molecular weight is 506 g/mol. The molecule has 0 aliphatic carbocycles. The van der Waals surface area contributed by atoms with Crippen LogP contribution in [0.15, 0.2) is 66.7 Å². The highest BCUT2D eigenvalue weighted by Crippen LogP contribution is 2.45. The van der Waals surface area contributed by atoms with Gasteiger partial charge < -0.3 is 9.26 Å². The molecule has 0 radical (unpaired) electrons. The van der Waals surface area contributed by atoms with Gasteiger partial charge in [0.05, 0.1) is 11.5 Å². The van der Waals surface area contributed by atoms with E-state index in [4.69, 9.17) is 9.26 Å². The largest absolute Gasteiger partial charge is 0.484 e. The van der Waals surface area contributed by atoms with Gasteiger partial charge in [0.15, 0.2) is 5.78 Å². The van der Waals surface area contributed by atoms with Gasteiger partial charge in [-0.3, -0.25) is 4.79 Å². The van der Waals surface area contributed by atoms with Gasteiger partial charge in [-0.15, -0.1) is 0 Å². The second-order valence-corrected chi connectivity index (χ2v) is 8.36. The SMILES string of the molecule is Cc1ccc(C2Oc3ccc(OPI)cc3C(=O)C2c2ccc(F)cc2)cc1. The van der Waals surface area contributed by atoms with Crippen LogP contribution in [0.25, 0.3) is 0 Å². The van der Waals surface area contributed by atoms with Crippen LogP contribution in [0.2, 0.25) is 0 Å². The van der Waals surface area contributed by atoms with Crippen LogP contribution in [-0.4, -0.2) is 5.78 Å². The van der Waals surface area contributed by atoms with Crippen molar-refractivity contribution in [2.75, 3.05) is 0 Å². The van der Waals surface area contributed by atoms with Gasteiger partial charge in [0.25, 0.3) is 0 Å². The highest BCUT2D eigenvalue weighted by atomic mass is 127. The molecule has 0 bridgehead atoms. The van der Waals surface area contributed by atoms with Crippen LogP contribution < -0.4 is 9.26 Å². The fraction of sp³-hybridized carbons (Fsp3) is 0.136. The number of Topliss-reactive ketones (excluding diaryl/α,β-unsaturated/α-hetero) is 1. The first-order valence-electron chi connectivity index (χ1n) is 8.76. The summed E-state index contributed by atoms with van der Waals surface area (Å²) in [6.45, 7) is 2.27. The number of aryl methyl sites for hydroxylation is 1. The van der Waals surface area contributed by atoms with Crippen LogP contribution in [-0.2, 0) is 0 Å². The Morgan fingerprint density at radius 2 is 1.68 bits per heavy atom. The van der Waals surface area contributed by atoms with Gasteiger partial charge in [-0.2, -0.15) is 0 Å². The summed E-state index contributed by atoms with van der Waals surface area (Å²) in [6, 6.07) is 19.3. The molecule has 0 amide bonds. The van der Waals surface area contributed by atoms with E-state index in [0.717, 1.165) is 16.7 Å².